The summed E-state index contributed by atoms with van der Waals surface area (Å²) in [5, 5.41) is 2.04. The first-order valence-electron chi connectivity index (χ1n) is 8.26. The number of carbonyl (C=O) groups excluding carboxylic acids is 1. The van der Waals surface area contributed by atoms with Gasteiger partial charge in [0, 0.05) is 36.4 Å². The van der Waals surface area contributed by atoms with Crippen LogP contribution >= 0.6 is 11.3 Å². The van der Waals surface area contributed by atoms with E-state index in [0.29, 0.717) is 18.0 Å². The summed E-state index contributed by atoms with van der Waals surface area (Å²) in [5.41, 5.74) is 1.09. The fourth-order valence-corrected chi connectivity index (χ4v) is 5.70. The molecule has 1 aromatic carbocycles. The maximum absolute atomic E-state index is 12.5. The molecule has 8 heteroatoms. The van der Waals surface area contributed by atoms with Crippen molar-refractivity contribution in [3.8, 4) is 0 Å². The highest BCUT2D eigenvalue weighted by atomic mass is 32.2. The predicted molar refractivity (Wildman–Crippen MR) is 100 cm³/mol. The minimum atomic E-state index is -3.77. The number of carbonyl (C=O) groups is 1. The largest absolute Gasteiger partial charge is 0.335 e. The average molecular weight is 377 g/mol. The summed E-state index contributed by atoms with van der Waals surface area (Å²) >= 11 is 1.31. The molecule has 3 aromatic rings. The SMILES string of the molecule is Cn1c2ccccc2c2cc(C(=O)NS(=O)(=O)N3CCCCC3)sc21. The van der Waals surface area contributed by atoms with Crippen molar-refractivity contribution in [2.75, 3.05) is 13.1 Å². The van der Waals surface area contributed by atoms with E-state index in [1.165, 1.54) is 15.6 Å². The molecule has 0 spiro atoms. The van der Waals surface area contributed by atoms with E-state index in [-0.39, 0.29) is 0 Å². The minimum absolute atomic E-state index is 0.409. The van der Waals surface area contributed by atoms with Crippen LogP contribution in [0.15, 0.2) is 30.3 Å². The highest BCUT2D eigenvalue weighted by Gasteiger charge is 2.27. The van der Waals surface area contributed by atoms with Crippen LogP contribution in [0, 0.1) is 0 Å². The lowest BCUT2D eigenvalue weighted by atomic mass is 10.2. The third kappa shape index (κ3) is 2.84. The zero-order chi connectivity index (χ0) is 17.6. The van der Waals surface area contributed by atoms with Gasteiger partial charge in [-0.25, -0.2) is 4.72 Å². The molecule has 1 N–H and O–H groups in total. The van der Waals surface area contributed by atoms with Crippen molar-refractivity contribution in [3.05, 3.63) is 35.2 Å². The Labute approximate surface area is 150 Å². The van der Waals surface area contributed by atoms with Crippen molar-refractivity contribution >= 4 is 48.6 Å². The van der Waals surface area contributed by atoms with Crippen molar-refractivity contribution < 1.29 is 13.2 Å². The highest BCUT2D eigenvalue weighted by Crippen LogP contribution is 2.34. The Kier molecular flexibility index (Phi) is 4.05. The van der Waals surface area contributed by atoms with Crippen LogP contribution in [-0.4, -0.2) is 36.3 Å². The number of thiophene rings is 1. The van der Waals surface area contributed by atoms with Gasteiger partial charge in [0.05, 0.1) is 4.88 Å². The first kappa shape index (κ1) is 16.6. The van der Waals surface area contributed by atoms with Gasteiger partial charge >= 0.3 is 10.2 Å². The smallest absolute Gasteiger partial charge is 0.304 e. The third-order valence-corrected chi connectivity index (χ3v) is 7.37. The van der Waals surface area contributed by atoms with Crippen LogP contribution in [0.1, 0.15) is 28.9 Å². The molecule has 1 saturated heterocycles. The van der Waals surface area contributed by atoms with Crippen LogP contribution in [0.2, 0.25) is 0 Å². The zero-order valence-corrected chi connectivity index (χ0v) is 15.5. The number of fused-ring (bicyclic) bond motifs is 3. The molecule has 2 aromatic heterocycles. The quantitative estimate of drug-likeness (QED) is 0.763. The maximum atomic E-state index is 12.5. The van der Waals surface area contributed by atoms with Gasteiger partial charge < -0.3 is 4.57 Å². The van der Waals surface area contributed by atoms with Gasteiger partial charge in [-0.05, 0) is 25.0 Å². The molecule has 6 nitrogen and oxygen atoms in total. The van der Waals surface area contributed by atoms with Crippen LogP contribution in [-0.2, 0) is 17.3 Å². The van der Waals surface area contributed by atoms with Gasteiger partial charge in [0.15, 0.2) is 0 Å². The number of hydrogen-bond donors (Lipinski definition) is 1. The molecule has 132 valence electrons. The fraction of sp³-hybridized carbons (Fsp3) is 0.353. The van der Waals surface area contributed by atoms with Gasteiger partial charge in [-0.3, -0.25) is 4.79 Å². The van der Waals surface area contributed by atoms with Gasteiger partial charge in [-0.15, -0.1) is 11.3 Å². The number of nitrogens with zero attached hydrogens (tertiary/aromatic N) is 2. The summed E-state index contributed by atoms with van der Waals surface area (Å²) in [6, 6.07) is 9.76. The van der Waals surface area contributed by atoms with Crippen LogP contribution in [0.5, 0.6) is 0 Å². The Morgan fingerprint density at radius 2 is 1.84 bits per heavy atom. The van der Waals surface area contributed by atoms with Crippen LogP contribution < -0.4 is 4.72 Å². The van der Waals surface area contributed by atoms with E-state index < -0.39 is 16.1 Å². The van der Waals surface area contributed by atoms with Gasteiger partial charge in [0.2, 0.25) is 0 Å². The van der Waals surface area contributed by atoms with E-state index in [1.54, 1.807) is 6.07 Å². The van der Waals surface area contributed by atoms with E-state index >= 15 is 0 Å². The monoisotopic (exact) mass is 377 g/mol. The Morgan fingerprint density at radius 1 is 1.12 bits per heavy atom. The zero-order valence-electron chi connectivity index (χ0n) is 13.9. The molecule has 4 rings (SSSR count). The number of rotatable bonds is 3. The number of hydrogen-bond acceptors (Lipinski definition) is 4. The van der Waals surface area contributed by atoms with E-state index in [4.69, 9.17) is 0 Å². The van der Waals surface area contributed by atoms with Crippen LogP contribution in [0.3, 0.4) is 0 Å². The Hall–Kier alpha value is -1.90. The summed E-state index contributed by atoms with van der Waals surface area (Å²) in [4.78, 5) is 13.9. The molecule has 3 heterocycles. The average Bonchev–Trinajstić information content (AvgIpc) is 3.16. The molecule has 0 aliphatic carbocycles. The topological polar surface area (TPSA) is 71.4 Å². The maximum Gasteiger partial charge on any atom is 0.304 e. The Bertz CT molecular complexity index is 1060. The number of aromatic nitrogens is 1. The molecule has 0 radical (unpaired) electrons. The Morgan fingerprint density at radius 3 is 2.60 bits per heavy atom. The second-order valence-corrected chi connectivity index (χ2v) is 9.00. The highest BCUT2D eigenvalue weighted by molar-refractivity contribution is 7.87. The van der Waals surface area contributed by atoms with Crippen molar-refractivity contribution in [2.24, 2.45) is 7.05 Å². The van der Waals surface area contributed by atoms with Gasteiger partial charge in [-0.2, -0.15) is 12.7 Å². The molecule has 1 aliphatic heterocycles. The number of amides is 1. The Balaban J connectivity index is 1.65. The number of benzene rings is 1. The lowest BCUT2D eigenvalue weighted by Crippen LogP contribution is -2.45. The number of para-hydroxylation sites is 1. The molecule has 0 unspecified atom stereocenters. The molecule has 0 atom stereocenters. The lowest BCUT2D eigenvalue weighted by Gasteiger charge is -2.25. The summed E-state index contributed by atoms with van der Waals surface area (Å²) in [6.07, 6.45) is 2.71. The summed E-state index contributed by atoms with van der Waals surface area (Å²) < 4.78 is 30.4. The standard InChI is InChI=1S/C17H19N3O3S2/c1-19-14-8-4-3-7-12(14)13-11-15(24-17(13)19)16(21)18-25(22,23)20-9-5-2-6-10-20/h3-4,7-8,11H,2,5-6,9-10H2,1H3,(H,18,21). The number of aryl methyl sites for hydroxylation is 1. The van der Waals surface area contributed by atoms with E-state index in [0.717, 1.165) is 40.4 Å². The molecular weight excluding hydrogens is 358 g/mol. The van der Waals surface area contributed by atoms with E-state index in [1.807, 2.05) is 35.9 Å². The fourth-order valence-electron chi connectivity index (χ4n) is 3.38. The van der Waals surface area contributed by atoms with Gasteiger partial charge in [0.25, 0.3) is 5.91 Å². The van der Waals surface area contributed by atoms with E-state index in [9.17, 15) is 13.2 Å². The molecule has 0 saturated carbocycles. The third-order valence-electron chi connectivity index (χ3n) is 4.67. The molecule has 0 bridgehead atoms. The first-order chi connectivity index (χ1) is 12.0. The molecule has 1 amide bonds. The van der Waals surface area contributed by atoms with Crippen molar-refractivity contribution in [2.45, 2.75) is 19.3 Å². The normalized spacial score (nSPS) is 16.5. The number of nitrogens with one attached hydrogen (secondary N) is 1. The predicted octanol–water partition coefficient (Wildman–Crippen LogP) is 2.85. The van der Waals surface area contributed by atoms with Crippen molar-refractivity contribution in [1.82, 2.24) is 13.6 Å². The van der Waals surface area contributed by atoms with Crippen LogP contribution in [0.4, 0.5) is 0 Å². The van der Waals surface area contributed by atoms with Crippen molar-refractivity contribution in [3.63, 3.8) is 0 Å². The second kappa shape index (κ2) is 6.12. The molecule has 25 heavy (non-hydrogen) atoms. The van der Waals surface area contributed by atoms with E-state index in [2.05, 4.69) is 4.72 Å². The summed E-state index contributed by atoms with van der Waals surface area (Å²) in [7, 11) is -1.82. The van der Waals surface area contributed by atoms with Gasteiger partial charge in [0.1, 0.15) is 4.83 Å². The number of piperidine rings is 1. The minimum Gasteiger partial charge on any atom is -0.335 e. The second-order valence-electron chi connectivity index (χ2n) is 6.30. The summed E-state index contributed by atoms with van der Waals surface area (Å²) in [5.74, 6) is -0.559. The molecule has 1 aliphatic rings. The molecule has 1 fully saturated rings. The lowest BCUT2D eigenvalue weighted by molar-refractivity contribution is 0.0982. The first-order valence-corrected chi connectivity index (χ1v) is 10.5. The van der Waals surface area contributed by atoms with Crippen molar-refractivity contribution in [1.29, 1.82) is 0 Å². The molecular formula is C17H19N3O3S2. The summed E-state index contributed by atoms with van der Waals surface area (Å²) in [6.45, 7) is 0.944. The van der Waals surface area contributed by atoms with Gasteiger partial charge in [-0.1, -0.05) is 24.6 Å². The van der Waals surface area contributed by atoms with Crippen LogP contribution in [0.25, 0.3) is 21.1 Å².